The summed E-state index contributed by atoms with van der Waals surface area (Å²) in [6, 6.07) is 13.9. The van der Waals surface area contributed by atoms with Gasteiger partial charge in [0.1, 0.15) is 0 Å². The molecule has 0 saturated carbocycles. The van der Waals surface area contributed by atoms with Gasteiger partial charge in [-0.1, -0.05) is 18.2 Å². The fraction of sp³-hybridized carbons (Fsp3) is 0.160. The van der Waals surface area contributed by atoms with Crippen LogP contribution in [0.3, 0.4) is 0 Å². The van der Waals surface area contributed by atoms with Gasteiger partial charge in [0.05, 0.1) is 31.2 Å². The van der Waals surface area contributed by atoms with Crippen molar-refractivity contribution in [2.45, 2.75) is 6.10 Å². The number of hydrogen-bond acceptors (Lipinski definition) is 7. The summed E-state index contributed by atoms with van der Waals surface area (Å²) in [6.07, 6.45) is 4.47. The molecule has 168 valence electrons. The highest BCUT2D eigenvalue weighted by atomic mass is 16.5. The Bertz CT molecular complexity index is 1350. The van der Waals surface area contributed by atoms with E-state index in [2.05, 4.69) is 10.3 Å². The van der Waals surface area contributed by atoms with Gasteiger partial charge in [0.2, 0.25) is 5.89 Å². The number of methoxy groups -OCH3 is 3. The predicted octanol–water partition coefficient (Wildman–Crippen LogP) is 3.81. The molecule has 0 fully saturated rings. The van der Waals surface area contributed by atoms with Gasteiger partial charge in [-0.3, -0.25) is 4.79 Å². The number of anilines is 1. The van der Waals surface area contributed by atoms with E-state index in [1.807, 2.05) is 0 Å². The molecule has 33 heavy (non-hydrogen) atoms. The van der Waals surface area contributed by atoms with E-state index in [0.29, 0.717) is 39.2 Å². The van der Waals surface area contributed by atoms with Crippen LogP contribution in [0, 0.1) is 0 Å². The lowest BCUT2D eigenvalue weighted by Gasteiger charge is -2.10. The van der Waals surface area contributed by atoms with Gasteiger partial charge >= 0.3 is 5.63 Å². The second kappa shape index (κ2) is 9.54. The molecule has 1 aliphatic rings. The van der Waals surface area contributed by atoms with Crippen molar-refractivity contribution >= 4 is 22.5 Å². The molecule has 1 N–H and O–H groups in total. The second-order valence-electron chi connectivity index (χ2n) is 7.13. The van der Waals surface area contributed by atoms with Crippen molar-refractivity contribution in [3.05, 3.63) is 94.3 Å². The van der Waals surface area contributed by atoms with Crippen LogP contribution in [0.25, 0.3) is 22.4 Å². The van der Waals surface area contributed by atoms with Crippen LogP contribution < -0.4 is 10.9 Å². The molecule has 0 aliphatic heterocycles. The quantitative estimate of drug-likeness (QED) is 0.615. The summed E-state index contributed by atoms with van der Waals surface area (Å²) in [6.45, 7) is 0. The van der Waals surface area contributed by atoms with Crippen molar-refractivity contribution in [3.8, 4) is 11.5 Å². The molecule has 1 atom stereocenters. The largest absolute Gasteiger partial charge is 0.493 e. The van der Waals surface area contributed by atoms with E-state index in [-0.39, 0.29) is 11.8 Å². The molecule has 1 heterocycles. The third-order valence-electron chi connectivity index (χ3n) is 5.07. The normalized spacial score (nSPS) is 15.7. The molecule has 2 aromatic carbocycles. The number of nitrogens with zero attached hydrogens (tertiary/aromatic N) is 1. The molecule has 1 aliphatic carbocycles. The molecular formula is C25H22N2O6. The number of benzene rings is 2. The average Bonchev–Trinajstić information content (AvgIpc) is 3.03. The average molecular weight is 446 g/mol. The molecule has 8 heteroatoms. The first kappa shape index (κ1) is 22.0. The zero-order valence-electron chi connectivity index (χ0n) is 18.3. The van der Waals surface area contributed by atoms with E-state index in [4.69, 9.17) is 18.6 Å². The third-order valence-corrected chi connectivity index (χ3v) is 5.07. The van der Waals surface area contributed by atoms with Crippen molar-refractivity contribution in [1.82, 2.24) is 4.98 Å². The van der Waals surface area contributed by atoms with E-state index in [9.17, 15) is 9.59 Å². The first-order valence-electron chi connectivity index (χ1n) is 10.1. The standard InChI is InChI=1S/C25H22N2O6/c1-30-18-12-16(13-21(31-2)22(14-18)32-3)23(28)26-17-8-6-7-15(11-17)24-27-20-10-5-4-9-19(20)25(29)33-24/h4-14,18H,1-3H3,(H,26,28). The van der Waals surface area contributed by atoms with Gasteiger partial charge in [-0.15, -0.1) is 0 Å². The van der Waals surface area contributed by atoms with Gasteiger partial charge in [0.15, 0.2) is 11.5 Å². The van der Waals surface area contributed by atoms with Crippen LogP contribution in [0.4, 0.5) is 5.69 Å². The SMILES string of the molecule is COC1=CC(C(=O)Nc2cccc(-c3nc4ccccc4c(=O)o3)c2)=CC(OC)C=C1OC. The Morgan fingerprint density at radius 2 is 1.79 bits per heavy atom. The molecule has 0 bridgehead atoms. The lowest BCUT2D eigenvalue weighted by molar-refractivity contribution is -0.112. The second-order valence-corrected chi connectivity index (χ2v) is 7.13. The molecular weight excluding hydrogens is 424 g/mol. The zero-order chi connectivity index (χ0) is 23.4. The number of carbonyl (C=O) groups excluding carboxylic acids is 1. The van der Waals surface area contributed by atoms with Gasteiger partial charge in [0, 0.05) is 23.9 Å². The fourth-order valence-electron chi connectivity index (χ4n) is 3.40. The van der Waals surface area contributed by atoms with Gasteiger partial charge < -0.3 is 23.9 Å². The molecule has 3 aromatic rings. The van der Waals surface area contributed by atoms with E-state index >= 15 is 0 Å². The number of nitrogens with one attached hydrogen (secondary N) is 1. The molecule has 4 rings (SSSR count). The van der Waals surface area contributed by atoms with Crippen LogP contribution in [0.2, 0.25) is 0 Å². The summed E-state index contributed by atoms with van der Waals surface area (Å²) < 4.78 is 21.5. The highest BCUT2D eigenvalue weighted by Gasteiger charge is 2.20. The minimum absolute atomic E-state index is 0.165. The first-order chi connectivity index (χ1) is 16.0. The van der Waals surface area contributed by atoms with Crippen LogP contribution in [-0.2, 0) is 19.0 Å². The number of ether oxygens (including phenoxy) is 3. The molecule has 0 saturated heterocycles. The highest BCUT2D eigenvalue weighted by Crippen LogP contribution is 2.24. The molecule has 1 unspecified atom stereocenters. The smallest absolute Gasteiger partial charge is 0.347 e. The van der Waals surface area contributed by atoms with Gasteiger partial charge in [-0.2, -0.15) is 0 Å². The Kier molecular flexibility index (Phi) is 6.37. The number of hydrogen-bond donors (Lipinski definition) is 1. The number of amides is 1. The van der Waals surface area contributed by atoms with Crippen molar-refractivity contribution in [2.24, 2.45) is 0 Å². The molecule has 0 spiro atoms. The topological polar surface area (TPSA) is 99.9 Å². The summed E-state index contributed by atoms with van der Waals surface area (Å²) in [5.74, 6) is 0.651. The number of fused-ring (bicyclic) bond motifs is 1. The van der Waals surface area contributed by atoms with Crippen LogP contribution >= 0.6 is 0 Å². The van der Waals surface area contributed by atoms with Crippen LogP contribution in [0.1, 0.15) is 0 Å². The maximum Gasteiger partial charge on any atom is 0.347 e. The monoisotopic (exact) mass is 446 g/mol. The van der Waals surface area contributed by atoms with E-state index in [1.54, 1.807) is 66.8 Å². The van der Waals surface area contributed by atoms with E-state index in [1.165, 1.54) is 21.3 Å². The number of para-hydroxylation sites is 1. The van der Waals surface area contributed by atoms with Gasteiger partial charge in [-0.25, -0.2) is 9.78 Å². The van der Waals surface area contributed by atoms with Crippen molar-refractivity contribution in [3.63, 3.8) is 0 Å². The lowest BCUT2D eigenvalue weighted by atomic mass is 10.1. The zero-order valence-corrected chi connectivity index (χ0v) is 18.3. The first-order valence-corrected chi connectivity index (χ1v) is 10.1. The van der Waals surface area contributed by atoms with Crippen molar-refractivity contribution < 1.29 is 23.4 Å². The van der Waals surface area contributed by atoms with E-state index in [0.717, 1.165) is 0 Å². The van der Waals surface area contributed by atoms with Crippen LogP contribution in [0.15, 0.2) is 93.1 Å². The van der Waals surface area contributed by atoms with Crippen molar-refractivity contribution in [1.29, 1.82) is 0 Å². The molecule has 1 amide bonds. The Morgan fingerprint density at radius 1 is 1.00 bits per heavy atom. The van der Waals surface area contributed by atoms with Crippen LogP contribution in [0.5, 0.6) is 0 Å². The minimum Gasteiger partial charge on any atom is -0.493 e. The highest BCUT2D eigenvalue weighted by molar-refractivity contribution is 6.06. The Labute approximate surface area is 189 Å². The number of carbonyl (C=O) groups is 1. The maximum atomic E-state index is 13.0. The Balaban J connectivity index is 1.63. The fourth-order valence-corrected chi connectivity index (χ4v) is 3.40. The summed E-state index contributed by atoms with van der Waals surface area (Å²) in [4.78, 5) is 29.8. The van der Waals surface area contributed by atoms with Crippen molar-refractivity contribution in [2.75, 3.05) is 26.6 Å². The molecule has 8 nitrogen and oxygen atoms in total. The summed E-state index contributed by atoms with van der Waals surface area (Å²) in [5.41, 5.74) is 1.45. The molecule has 0 radical (unpaired) electrons. The van der Waals surface area contributed by atoms with E-state index < -0.39 is 11.7 Å². The van der Waals surface area contributed by atoms with Crippen LogP contribution in [-0.4, -0.2) is 38.3 Å². The summed E-state index contributed by atoms with van der Waals surface area (Å²) in [5, 5.41) is 3.26. The minimum atomic E-state index is -0.480. The Morgan fingerprint density at radius 3 is 2.55 bits per heavy atom. The summed E-state index contributed by atoms with van der Waals surface area (Å²) in [7, 11) is 4.54. The van der Waals surface area contributed by atoms with Gasteiger partial charge in [-0.05, 0) is 48.6 Å². The molecule has 1 aromatic heterocycles. The lowest BCUT2D eigenvalue weighted by Crippen LogP contribution is -2.15. The summed E-state index contributed by atoms with van der Waals surface area (Å²) >= 11 is 0. The Hall–Kier alpha value is -4.17. The number of rotatable bonds is 6. The van der Waals surface area contributed by atoms with Gasteiger partial charge in [0.25, 0.3) is 5.91 Å². The predicted molar refractivity (Wildman–Crippen MR) is 123 cm³/mol. The maximum absolute atomic E-state index is 13.0. The number of aromatic nitrogens is 1. The third kappa shape index (κ3) is 4.70.